The van der Waals surface area contributed by atoms with E-state index >= 15 is 0 Å². The van der Waals surface area contributed by atoms with Gasteiger partial charge in [-0.15, -0.1) is 0 Å². The van der Waals surface area contributed by atoms with Gasteiger partial charge in [0.25, 0.3) is 5.91 Å². The van der Waals surface area contributed by atoms with Crippen LogP contribution in [0.1, 0.15) is 47.9 Å². The molecule has 2 fully saturated rings. The number of nitrogens with zero attached hydrogens (tertiary/aromatic N) is 3. The summed E-state index contributed by atoms with van der Waals surface area (Å²) in [4.78, 5) is 40.1. The van der Waals surface area contributed by atoms with E-state index in [1.807, 2.05) is 19.9 Å². The minimum atomic E-state index is -0.922. The van der Waals surface area contributed by atoms with Gasteiger partial charge in [0, 0.05) is 44.5 Å². The van der Waals surface area contributed by atoms with Gasteiger partial charge in [-0.05, 0) is 39.7 Å². The van der Waals surface area contributed by atoms with Gasteiger partial charge in [-0.1, -0.05) is 0 Å². The van der Waals surface area contributed by atoms with Gasteiger partial charge in [-0.25, -0.2) is 0 Å². The molecular weight excluding hydrogens is 334 g/mol. The Morgan fingerprint density at radius 2 is 1.88 bits per heavy atom. The lowest BCUT2D eigenvalue weighted by molar-refractivity contribution is -0.145. The highest BCUT2D eigenvalue weighted by molar-refractivity contribution is 5.96. The zero-order valence-electron chi connectivity index (χ0n) is 15.9. The summed E-state index contributed by atoms with van der Waals surface area (Å²) in [5.41, 5.74) is 2.08. The summed E-state index contributed by atoms with van der Waals surface area (Å²) >= 11 is 0. The summed E-state index contributed by atoms with van der Waals surface area (Å²) in [5, 5.41) is 9.55. The van der Waals surface area contributed by atoms with Crippen LogP contribution in [0.25, 0.3) is 0 Å². The number of carboxylic acid groups (broad SMARTS) is 1. The molecule has 0 saturated carbocycles. The normalized spacial score (nSPS) is 22.3. The van der Waals surface area contributed by atoms with Gasteiger partial charge in [-0.2, -0.15) is 0 Å². The summed E-state index contributed by atoms with van der Waals surface area (Å²) in [6.07, 6.45) is 1.06. The number of amides is 2. The number of hydrogen-bond donors (Lipinski definition) is 1. The van der Waals surface area contributed by atoms with E-state index in [-0.39, 0.29) is 18.2 Å². The summed E-state index contributed by atoms with van der Waals surface area (Å²) in [7, 11) is 1.69. The van der Waals surface area contributed by atoms with E-state index in [1.54, 1.807) is 16.8 Å². The Labute approximate surface area is 153 Å². The molecule has 26 heavy (non-hydrogen) atoms. The summed E-state index contributed by atoms with van der Waals surface area (Å²) < 4.78 is 2.11. The smallest absolute Gasteiger partial charge is 0.309 e. The molecule has 1 aromatic rings. The van der Waals surface area contributed by atoms with Crippen molar-refractivity contribution in [3.8, 4) is 0 Å². The van der Waals surface area contributed by atoms with Crippen molar-refractivity contribution in [1.82, 2.24) is 14.4 Å². The molecule has 142 valence electrons. The summed E-state index contributed by atoms with van der Waals surface area (Å²) in [6.45, 7) is 7.76. The van der Waals surface area contributed by atoms with E-state index in [1.165, 1.54) is 0 Å². The second-order valence-electron chi connectivity index (χ2n) is 7.47. The molecule has 2 aliphatic rings. The van der Waals surface area contributed by atoms with E-state index in [9.17, 15) is 19.5 Å². The maximum Gasteiger partial charge on any atom is 0.309 e. The molecule has 0 bridgehead atoms. The Morgan fingerprint density at radius 1 is 1.27 bits per heavy atom. The zero-order valence-corrected chi connectivity index (χ0v) is 15.9. The predicted molar refractivity (Wildman–Crippen MR) is 96.0 cm³/mol. The van der Waals surface area contributed by atoms with Crippen LogP contribution < -0.4 is 0 Å². The minimum absolute atomic E-state index is 0.00787. The van der Waals surface area contributed by atoms with Crippen molar-refractivity contribution in [2.75, 3.05) is 20.1 Å². The fraction of sp³-hybridized carbons (Fsp3) is 0.632. The molecule has 0 radical (unpaired) electrons. The van der Waals surface area contributed by atoms with Crippen molar-refractivity contribution < 1.29 is 19.5 Å². The Balaban J connectivity index is 1.79. The molecule has 1 atom stereocenters. The molecule has 2 saturated heterocycles. The van der Waals surface area contributed by atoms with Gasteiger partial charge in [0.2, 0.25) is 5.91 Å². The lowest BCUT2D eigenvalue weighted by atomic mass is 9.77. The van der Waals surface area contributed by atoms with Gasteiger partial charge >= 0.3 is 5.97 Å². The van der Waals surface area contributed by atoms with Gasteiger partial charge in [-0.3, -0.25) is 14.4 Å². The Bertz CT molecular complexity index is 759. The third-order valence-corrected chi connectivity index (χ3v) is 6.40. The molecule has 7 heteroatoms. The standard InChI is InChI=1S/C19H27N3O4/c1-5-22-12(2)10-14(13(22)3)17(24)21-8-6-19(7-9-21)15(18(25)26)11-16(23)20(19)4/h10,15H,5-9,11H2,1-4H3,(H,25,26). The van der Waals surface area contributed by atoms with Crippen molar-refractivity contribution in [2.45, 2.75) is 52.1 Å². The summed E-state index contributed by atoms with van der Waals surface area (Å²) in [6, 6.07) is 1.93. The second-order valence-corrected chi connectivity index (χ2v) is 7.47. The van der Waals surface area contributed by atoms with E-state index in [2.05, 4.69) is 11.5 Å². The van der Waals surface area contributed by atoms with E-state index in [0.29, 0.717) is 31.5 Å². The first-order valence-corrected chi connectivity index (χ1v) is 9.18. The maximum atomic E-state index is 13.0. The molecule has 1 unspecified atom stereocenters. The molecule has 1 aromatic heterocycles. The molecule has 2 amide bonds. The second kappa shape index (κ2) is 6.45. The van der Waals surface area contributed by atoms with Crippen LogP contribution in [0.4, 0.5) is 0 Å². The number of likely N-dealkylation sites (tertiary alicyclic amines) is 2. The molecule has 0 aromatic carbocycles. The van der Waals surface area contributed by atoms with Gasteiger partial charge in [0.15, 0.2) is 0 Å². The first-order chi connectivity index (χ1) is 12.2. The van der Waals surface area contributed by atoms with Crippen molar-refractivity contribution >= 4 is 17.8 Å². The number of hydrogen-bond acceptors (Lipinski definition) is 3. The molecule has 1 N–H and O–H groups in total. The van der Waals surface area contributed by atoms with Crippen molar-refractivity contribution in [2.24, 2.45) is 5.92 Å². The average molecular weight is 361 g/mol. The third-order valence-electron chi connectivity index (χ3n) is 6.40. The molecular formula is C19H27N3O4. The van der Waals surface area contributed by atoms with Gasteiger partial charge in [0.1, 0.15) is 0 Å². The Morgan fingerprint density at radius 3 is 2.38 bits per heavy atom. The predicted octanol–water partition coefficient (Wildman–Crippen LogP) is 1.66. The van der Waals surface area contributed by atoms with Gasteiger partial charge in [0.05, 0.1) is 17.0 Å². The van der Waals surface area contributed by atoms with E-state index in [0.717, 1.165) is 17.9 Å². The van der Waals surface area contributed by atoms with Crippen molar-refractivity contribution in [3.63, 3.8) is 0 Å². The number of piperidine rings is 1. The zero-order chi connectivity index (χ0) is 19.2. The van der Waals surface area contributed by atoms with Crippen LogP contribution >= 0.6 is 0 Å². The largest absolute Gasteiger partial charge is 0.481 e. The molecule has 0 aliphatic carbocycles. The molecule has 7 nitrogen and oxygen atoms in total. The Hall–Kier alpha value is -2.31. The van der Waals surface area contributed by atoms with Crippen LogP contribution in [-0.4, -0.2) is 62.9 Å². The Kier molecular flexibility index (Phi) is 4.58. The lowest BCUT2D eigenvalue weighted by Crippen LogP contribution is -2.57. The topological polar surface area (TPSA) is 82.9 Å². The van der Waals surface area contributed by atoms with Crippen molar-refractivity contribution in [1.29, 1.82) is 0 Å². The third kappa shape index (κ3) is 2.61. The number of carbonyl (C=O) groups is 3. The first kappa shape index (κ1) is 18.5. The molecule has 1 spiro atoms. The fourth-order valence-corrected chi connectivity index (χ4v) is 4.76. The summed E-state index contributed by atoms with van der Waals surface area (Å²) in [5.74, 6) is -1.74. The minimum Gasteiger partial charge on any atom is -0.481 e. The average Bonchev–Trinajstić information content (AvgIpc) is 3.03. The van der Waals surface area contributed by atoms with Crippen LogP contribution in [0.5, 0.6) is 0 Å². The molecule has 3 rings (SSSR count). The first-order valence-electron chi connectivity index (χ1n) is 9.18. The monoisotopic (exact) mass is 361 g/mol. The molecule has 2 aliphatic heterocycles. The number of aryl methyl sites for hydroxylation is 1. The van der Waals surface area contributed by atoms with Gasteiger partial charge < -0.3 is 19.5 Å². The van der Waals surface area contributed by atoms with Crippen LogP contribution in [0.3, 0.4) is 0 Å². The molecule has 3 heterocycles. The highest BCUT2D eigenvalue weighted by Gasteiger charge is 2.55. The number of carbonyl (C=O) groups excluding carboxylic acids is 2. The van der Waals surface area contributed by atoms with Crippen molar-refractivity contribution in [3.05, 3.63) is 23.0 Å². The maximum absolute atomic E-state index is 13.0. The quantitative estimate of drug-likeness (QED) is 0.888. The highest BCUT2D eigenvalue weighted by Crippen LogP contribution is 2.43. The number of aliphatic carboxylic acids is 1. The highest BCUT2D eigenvalue weighted by atomic mass is 16.4. The van der Waals surface area contributed by atoms with Crippen LogP contribution in [0.2, 0.25) is 0 Å². The SMILES string of the molecule is CCn1c(C)cc(C(=O)N2CCC3(CC2)C(C(=O)O)CC(=O)N3C)c1C. The van der Waals surface area contributed by atoms with Crippen LogP contribution in [0, 0.1) is 19.8 Å². The number of aromatic nitrogens is 1. The number of carboxylic acids is 1. The fourth-order valence-electron chi connectivity index (χ4n) is 4.76. The van der Waals surface area contributed by atoms with E-state index in [4.69, 9.17) is 0 Å². The van der Waals surface area contributed by atoms with E-state index < -0.39 is 17.4 Å². The van der Waals surface area contributed by atoms with Crippen LogP contribution in [-0.2, 0) is 16.1 Å². The lowest BCUT2D eigenvalue weighted by Gasteiger charge is -2.45. The number of rotatable bonds is 3. The van der Waals surface area contributed by atoms with Crippen LogP contribution in [0.15, 0.2) is 6.07 Å².